The highest BCUT2D eigenvalue weighted by atomic mass is 35.5. The first-order valence-corrected chi connectivity index (χ1v) is 9.03. The predicted octanol–water partition coefficient (Wildman–Crippen LogP) is 4.66. The van der Waals surface area contributed by atoms with Crippen LogP contribution < -0.4 is 9.47 Å². The minimum atomic E-state index is -0.610. The molecule has 2 aromatic carbocycles. The van der Waals surface area contributed by atoms with Gasteiger partial charge in [0.1, 0.15) is 0 Å². The van der Waals surface area contributed by atoms with Crippen molar-refractivity contribution in [2.75, 3.05) is 7.11 Å². The monoisotopic (exact) mass is 419 g/mol. The van der Waals surface area contributed by atoms with Crippen LogP contribution in [0.3, 0.4) is 0 Å². The number of methoxy groups -OCH3 is 1. The van der Waals surface area contributed by atoms with E-state index in [4.69, 9.17) is 37.4 Å². The molecule has 3 rings (SSSR count). The summed E-state index contributed by atoms with van der Waals surface area (Å²) in [5.41, 5.74) is 1.18. The fourth-order valence-corrected chi connectivity index (χ4v) is 2.89. The number of benzene rings is 2. The van der Waals surface area contributed by atoms with E-state index in [-0.39, 0.29) is 24.0 Å². The minimum absolute atomic E-state index is 0.0957. The first-order valence-electron chi connectivity index (χ1n) is 8.28. The van der Waals surface area contributed by atoms with Crippen molar-refractivity contribution in [2.24, 2.45) is 4.99 Å². The van der Waals surface area contributed by atoms with Crippen molar-refractivity contribution in [1.82, 2.24) is 0 Å². The van der Waals surface area contributed by atoms with Gasteiger partial charge < -0.3 is 14.2 Å². The summed E-state index contributed by atoms with van der Waals surface area (Å²) in [7, 11) is 1.46. The first kappa shape index (κ1) is 19.9. The normalized spacial score (nSPS) is 14.6. The van der Waals surface area contributed by atoms with E-state index >= 15 is 0 Å². The standard InChI is InChI=1S/C20H15Cl2NO5/c1-3-18(24)27-16-7-4-11(9-17(16)26-2)8-15-20(25)28-19(23-15)13-6-5-12(21)10-14(13)22/h4-10H,3H2,1-2H3/b15-8-. The number of aliphatic imine (C=N–C) groups is 1. The average Bonchev–Trinajstić information content (AvgIpc) is 3.02. The molecule has 0 amide bonds. The van der Waals surface area contributed by atoms with Gasteiger partial charge in [0.25, 0.3) is 0 Å². The van der Waals surface area contributed by atoms with Crippen molar-refractivity contribution in [2.45, 2.75) is 13.3 Å². The topological polar surface area (TPSA) is 74.2 Å². The largest absolute Gasteiger partial charge is 0.493 e. The molecule has 0 aromatic heterocycles. The third-order valence-corrected chi connectivity index (χ3v) is 4.33. The highest BCUT2D eigenvalue weighted by molar-refractivity contribution is 6.37. The SMILES string of the molecule is CCC(=O)Oc1ccc(/C=C2\N=C(c3ccc(Cl)cc3Cl)OC2=O)cc1OC. The molecule has 0 N–H and O–H groups in total. The molecule has 0 unspecified atom stereocenters. The average molecular weight is 420 g/mol. The van der Waals surface area contributed by atoms with E-state index in [9.17, 15) is 9.59 Å². The number of esters is 2. The lowest BCUT2D eigenvalue weighted by Gasteiger charge is -2.09. The van der Waals surface area contributed by atoms with E-state index in [1.54, 1.807) is 37.3 Å². The van der Waals surface area contributed by atoms with Gasteiger partial charge in [-0.05, 0) is 42.0 Å². The highest BCUT2D eigenvalue weighted by Crippen LogP contribution is 2.31. The second-order valence-corrected chi connectivity index (χ2v) is 6.54. The molecular formula is C20H15Cl2NO5. The molecule has 0 saturated carbocycles. The minimum Gasteiger partial charge on any atom is -0.493 e. The zero-order valence-electron chi connectivity index (χ0n) is 15.0. The predicted molar refractivity (Wildman–Crippen MR) is 106 cm³/mol. The maximum absolute atomic E-state index is 12.2. The molecule has 1 aliphatic rings. The Morgan fingerprint density at radius 2 is 1.96 bits per heavy atom. The first-order chi connectivity index (χ1) is 13.4. The molecule has 0 aliphatic carbocycles. The summed E-state index contributed by atoms with van der Waals surface area (Å²) in [4.78, 5) is 27.9. The lowest BCUT2D eigenvalue weighted by atomic mass is 10.1. The molecule has 28 heavy (non-hydrogen) atoms. The number of carbonyl (C=O) groups excluding carboxylic acids is 2. The molecule has 0 radical (unpaired) electrons. The van der Waals surface area contributed by atoms with Crippen molar-refractivity contribution in [1.29, 1.82) is 0 Å². The van der Waals surface area contributed by atoms with Gasteiger partial charge in [0.15, 0.2) is 17.2 Å². The number of nitrogens with zero attached hydrogens (tertiary/aromatic N) is 1. The van der Waals surface area contributed by atoms with Crippen LogP contribution in [0.1, 0.15) is 24.5 Å². The molecule has 0 atom stereocenters. The second-order valence-electron chi connectivity index (χ2n) is 5.70. The molecule has 1 heterocycles. The van der Waals surface area contributed by atoms with Crippen LogP contribution in [0, 0.1) is 0 Å². The summed E-state index contributed by atoms with van der Waals surface area (Å²) in [6.45, 7) is 1.70. The van der Waals surface area contributed by atoms with Crippen molar-refractivity contribution < 1.29 is 23.8 Å². The number of hydrogen-bond acceptors (Lipinski definition) is 6. The van der Waals surface area contributed by atoms with Gasteiger partial charge in [0, 0.05) is 11.4 Å². The third kappa shape index (κ3) is 4.35. The smallest absolute Gasteiger partial charge is 0.363 e. The van der Waals surface area contributed by atoms with Gasteiger partial charge in [0.05, 0.1) is 17.7 Å². The molecule has 6 nitrogen and oxygen atoms in total. The Bertz CT molecular complexity index is 1010. The lowest BCUT2D eigenvalue weighted by molar-refractivity contribution is -0.134. The van der Waals surface area contributed by atoms with Crippen LogP contribution in [0.5, 0.6) is 11.5 Å². The van der Waals surface area contributed by atoms with Gasteiger partial charge in [-0.25, -0.2) is 9.79 Å². The number of rotatable bonds is 5. The second kappa shape index (κ2) is 8.46. The van der Waals surface area contributed by atoms with Gasteiger partial charge in [-0.15, -0.1) is 0 Å². The van der Waals surface area contributed by atoms with Gasteiger partial charge in [-0.1, -0.05) is 36.2 Å². The molecule has 8 heteroatoms. The number of cyclic esters (lactones) is 1. The van der Waals surface area contributed by atoms with Gasteiger partial charge in [0.2, 0.25) is 5.90 Å². The van der Waals surface area contributed by atoms with E-state index in [1.807, 2.05) is 0 Å². The van der Waals surface area contributed by atoms with Crippen LogP contribution in [0.4, 0.5) is 0 Å². The van der Waals surface area contributed by atoms with E-state index in [0.29, 0.717) is 32.7 Å². The summed E-state index contributed by atoms with van der Waals surface area (Å²) < 4.78 is 15.7. The van der Waals surface area contributed by atoms with Crippen molar-refractivity contribution >= 4 is 47.1 Å². The summed E-state index contributed by atoms with van der Waals surface area (Å²) in [5.74, 6) is -0.243. The fraction of sp³-hybridized carbons (Fsp3) is 0.150. The van der Waals surface area contributed by atoms with Crippen molar-refractivity contribution in [3.05, 3.63) is 63.3 Å². The Morgan fingerprint density at radius 1 is 1.18 bits per heavy atom. The van der Waals surface area contributed by atoms with Gasteiger partial charge in [-0.3, -0.25) is 4.79 Å². The molecule has 0 spiro atoms. The maximum Gasteiger partial charge on any atom is 0.363 e. The van der Waals surface area contributed by atoms with Crippen molar-refractivity contribution in [3.63, 3.8) is 0 Å². The summed E-state index contributed by atoms with van der Waals surface area (Å²) in [6.07, 6.45) is 1.78. The van der Waals surface area contributed by atoms with E-state index in [0.717, 1.165) is 0 Å². The summed E-state index contributed by atoms with van der Waals surface area (Å²) in [5, 5.41) is 0.787. The van der Waals surface area contributed by atoms with E-state index in [2.05, 4.69) is 4.99 Å². The number of carbonyl (C=O) groups is 2. The van der Waals surface area contributed by atoms with Crippen LogP contribution in [-0.2, 0) is 14.3 Å². The quantitative estimate of drug-likeness (QED) is 0.400. The Balaban J connectivity index is 1.91. The molecule has 1 aliphatic heterocycles. The fourth-order valence-electron chi connectivity index (χ4n) is 2.40. The van der Waals surface area contributed by atoms with Crippen LogP contribution in [0.15, 0.2) is 47.1 Å². The number of hydrogen-bond donors (Lipinski definition) is 0. The molecular weight excluding hydrogens is 405 g/mol. The van der Waals surface area contributed by atoms with Crippen LogP contribution >= 0.6 is 23.2 Å². The molecule has 0 fully saturated rings. The number of ether oxygens (including phenoxy) is 3. The lowest BCUT2D eigenvalue weighted by Crippen LogP contribution is -2.06. The third-order valence-electron chi connectivity index (χ3n) is 3.79. The van der Waals surface area contributed by atoms with Gasteiger partial charge >= 0.3 is 11.9 Å². The summed E-state index contributed by atoms with van der Waals surface area (Å²) in [6, 6.07) is 9.67. The number of halogens is 2. The Kier molecular flexibility index (Phi) is 6.02. The van der Waals surface area contributed by atoms with Crippen LogP contribution in [0.2, 0.25) is 10.0 Å². The molecule has 0 bridgehead atoms. The van der Waals surface area contributed by atoms with Crippen LogP contribution in [0.25, 0.3) is 6.08 Å². The van der Waals surface area contributed by atoms with Crippen molar-refractivity contribution in [3.8, 4) is 11.5 Å². The molecule has 144 valence electrons. The Morgan fingerprint density at radius 3 is 2.64 bits per heavy atom. The van der Waals surface area contributed by atoms with Gasteiger partial charge in [-0.2, -0.15) is 0 Å². The highest BCUT2D eigenvalue weighted by Gasteiger charge is 2.25. The summed E-state index contributed by atoms with van der Waals surface area (Å²) >= 11 is 12.0. The Labute approximate surface area is 171 Å². The maximum atomic E-state index is 12.2. The van der Waals surface area contributed by atoms with E-state index < -0.39 is 5.97 Å². The van der Waals surface area contributed by atoms with Crippen LogP contribution in [-0.4, -0.2) is 24.9 Å². The zero-order chi connectivity index (χ0) is 20.3. The molecule has 0 saturated heterocycles. The van der Waals surface area contributed by atoms with E-state index in [1.165, 1.54) is 19.3 Å². The zero-order valence-corrected chi connectivity index (χ0v) is 16.5. The molecule has 2 aromatic rings. The Hall–Kier alpha value is -2.83.